The van der Waals surface area contributed by atoms with Crippen molar-refractivity contribution in [1.29, 1.82) is 0 Å². The van der Waals surface area contributed by atoms with Gasteiger partial charge in [0.05, 0.1) is 6.61 Å². The van der Waals surface area contributed by atoms with Crippen LogP contribution in [0, 0.1) is 0 Å². The zero-order valence-electron chi connectivity index (χ0n) is 17.8. The van der Waals surface area contributed by atoms with E-state index in [2.05, 4.69) is 4.98 Å². The van der Waals surface area contributed by atoms with Gasteiger partial charge in [0.1, 0.15) is 5.82 Å². The zero-order valence-corrected chi connectivity index (χ0v) is 17.8. The van der Waals surface area contributed by atoms with Crippen LogP contribution in [0.3, 0.4) is 0 Å². The Balaban J connectivity index is 1.98. The number of amides is 1. The molecule has 0 saturated carbocycles. The van der Waals surface area contributed by atoms with Crippen molar-refractivity contribution in [2.24, 2.45) is 0 Å². The summed E-state index contributed by atoms with van der Waals surface area (Å²) in [5.41, 5.74) is 4.90. The van der Waals surface area contributed by atoms with E-state index < -0.39 is 11.2 Å². The van der Waals surface area contributed by atoms with Crippen LogP contribution in [0.25, 0.3) is 10.8 Å². The van der Waals surface area contributed by atoms with Crippen molar-refractivity contribution in [3.05, 3.63) is 63.6 Å². The molecule has 3 aromatic rings. The van der Waals surface area contributed by atoms with Crippen LogP contribution in [0.2, 0.25) is 0 Å². The molecule has 9 nitrogen and oxygen atoms in total. The first-order valence-corrected chi connectivity index (χ1v) is 10.3. The molecular weight excluding hydrogens is 398 g/mol. The Kier molecular flexibility index (Phi) is 7.19. The number of nitrogen functional groups attached to an aromatic ring is 1. The third-order valence-corrected chi connectivity index (χ3v) is 5.10. The SMILES string of the molecule is CCCCn1c(N)c(N(CCOC)C(=O)C[n+]2ccc3ccccc3c2)c(=O)[nH]c1=O. The number of H-pyrrole nitrogens is 1. The number of pyridine rings is 1. The summed E-state index contributed by atoms with van der Waals surface area (Å²) in [6.45, 7) is 2.69. The second-order valence-corrected chi connectivity index (χ2v) is 7.28. The maximum absolute atomic E-state index is 13.2. The normalized spacial score (nSPS) is 11.0. The van der Waals surface area contributed by atoms with Gasteiger partial charge in [0.2, 0.25) is 6.54 Å². The molecule has 0 spiro atoms. The molecule has 0 radical (unpaired) electrons. The van der Waals surface area contributed by atoms with E-state index in [0.717, 1.165) is 17.2 Å². The van der Waals surface area contributed by atoms with E-state index in [4.69, 9.17) is 10.5 Å². The van der Waals surface area contributed by atoms with Gasteiger partial charge in [-0.25, -0.2) is 4.79 Å². The number of benzene rings is 1. The number of carbonyl (C=O) groups is 1. The Morgan fingerprint density at radius 1 is 1.23 bits per heavy atom. The highest BCUT2D eigenvalue weighted by Crippen LogP contribution is 2.17. The zero-order chi connectivity index (χ0) is 22.4. The van der Waals surface area contributed by atoms with Crippen LogP contribution in [-0.2, 0) is 22.6 Å². The molecule has 3 rings (SSSR count). The summed E-state index contributed by atoms with van der Waals surface area (Å²) in [5, 5.41) is 2.05. The highest BCUT2D eigenvalue weighted by atomic mass is 16.5. The predicted octanol–water partition coefficient (Wildman–Crippen LogP) is 1.04. The second kappa shape index (κ2) is 10.0. The standard InChI is InChI=1S/C22H27N5O4/c1-3-4-10-27-20(23)19(21(29)24-22(27)30)26(12-13-31-2)18(28)15-25-11-9-16-7-5-6-8-17(16)14-25/h5-9,11,14H,3-4,10,12-13,15H2,1-2H3,(H2-,23,24,29,30)/p+1. The number of hydrogen-bond donors (Lipinski definition) is 2. The molecule has 1 amide bonds. The summed E-state index contributed by atoms with van der Waals surface area (Å²) in [5.74, 6) is -0.356. The van der Waals surface area contributed by atoms with Crippen molar-refractivity contribution < 1.29 is 14.1 Å². The van der Waals surface area contributed by atoms with Gasteiger partial charge in [0.25, 0.3) is 11.5 Å². The third-order valence-electron chi connectivity index (χ3n) is 5.10. The highest BCUT2D eigenvalue weighted by molar-refractivity contribution is 5.94. The largest absolute Gasteiger partial charge is 0.383 e. The summed E-state index contributed by atoms with van der Waals surface area (Å²) in [4.78, 5) is 41.7. The fraction of sp³-hybridized carbons (Fsp3) is 0.364. The molecule has 0 aliphatic rings. The Morgan fingerprint density at radius 2 is 1.97 bits per heavy atom. The lowest BCUT2D eigenvalue weighted by Gasteiger charge is -2.23. The molecule has 2 heterocycles. The van der Waals surface area contributed by atoms with Crippen molar-refractivity contribution in [2.75, 3.05) is 30.9 Å². The minimum Gasteiger partial charge on any atom is -0.383 e. The number of rotatable bonds is 9. The lowest BCUT2D eigenvalue weighted by Crippen LogP contribution is -2.48. The van der Waals surface area contributed by atoms with Gasteiger partial charge in [-0.05, 0) is 17.9 Å². The number of anilines is 2. The van der Waals surface area contributed by atoms with E-state index in [-0.39, 0.29) is 37.1 Å². The molecule has 0 bridgehead atoms. The lowest BCUT2D eigenvalue weighted by atomic mass is 10.2. The first kappa shape index (κ1) is 22.2. The van der Waals surface area contributed by atoms with Crippen molar-refractivity contribution in [3.63, 3.8) is 0 Å². The second-order valence-electron chi connectivity index (χ2n) is 7.28. The quantitative estimate of drug-likeness (QED) is 0.496. The number of aromatic nitrogens is 3. The van der Waals surface area contributed by atoms with Gasteiger partial charge >= 0.3 is 5.69 Å². The number of hydrogen-bond acceptors (Lipinski definition) is 5. The van der Waals surface area contributed by atoms with E-state index in [1.54, 1.807) is 4.57 Å². The highest BCUT2D eigenvalue weighted by Gasteiger charge is 2.26. The Bertz CT molecular complexity index is 1180. The predicted molar refractivity (Wildman–Crippen MR) is 119 cm³/mol. The van der Waals surface area contributed by atoms with E-state index in [0.29, 0.717) is 13.0 Å². The van der Waals surface area contributed by atoms with Crippen LogP contribution in [0.1, 0.15) is 19.8 Å². The minimum atomic E-state index is -0.691. The summed E-state index contributed by atoms with van der Waals surface area (Å²) in [7, 11) is 1.51. The number of fused-ring (bicyclic) bond motifs is 1. The maximum atomic E-state index is 13.2. The summed E-state index contributed by atoms with van der Waals surface area (Å²) >= 11 is 0. The number of ether oxygens (including phenoxy) is 1. The van der Waals surface area contributed by atoms with Gasteiger partial charge < -0.3 is 10.5 Å². The first-order valence-electron chi connectivity index (χ1n) is 10.3. The summed E-state index contributed by atoms with van der Waals surface area (Å²) in [6.07, 6.45) is 5.25. The smallest absolute Gasteiger partial charge is 0.330 e. The Morgan fingerprint density at radius 3 is 2.68 bits per heavy atom. The number of nitrogens with zero attached hydrogens (tertiary/aromatic N) is 3. The lowest BCUT2D eigenvalue weighted by molar-refractivity contribution is -0.682. The number of unbranched alkanes of at least 4 members (excludes halogenated alkanes) is 1. The van der Waals surface area contributed by atoms with E-state index >= 15 is 0 Å². The van der Waals surface area contributed by atoms with Gasteiger partial charge in [0, 0.05) is 31.7 Å². The number of methoxy groups -OCH3 is 1. The molecule has 2 aromatic heterocycles. The molecule has 0 fully saturated rings. The number of nitrogens with two attached hydrogens (primary N) is 1. The fourth-order valence-corrected chi connectivity index (χ4v) is 3.44. The molecule has 0 aliphatic carbocycles. The molecule has 3 N–H and O–H groups in total. The van der Waals surface area contributed by atoms with Crippen LogP contribution in [0.5, 0.6) is 0 Å². The number of nitrogens with one attached hydrogen (secondary N) is 1. The topological polar surface area (TPSA) is 114 Å². The van der Waals surface area contributed by atoms with Crippen LogP contribution >= 0.6 is 0 Å². The molecule has 9 heteroatoms. The average molecular weight is 426 g/mol. The van der Waals surface area contributed by atoms with Crippen LogP contribution in [0.15, 0.2) is 52.3 Å². The van der Waals surface area contributed by atoms with Crippen LogP contribution in [0.4, 0.5) is 11.5 Å². The van der Waals surface area contributed by atoms with Gasteiger partial charge in [-0.3, -0.25) is 24.0 Å². The monoisotopic (exact) mass is 426 g/mol. The molecule has 0 unspecified atom stereocenters. The molecule has 0 atom stereocenters. The summed E-state index contributed by atoms with van der Waals surface area (Å²) in [6, 6.07) is 9.76. The molecule has 0 aliphatic heterocycles. The van der Waals surface area contributed by atoms with Gasteiger partial charge in [-0.1, -0.05) is 31.5 Å². The van der Waals surface area contributed by atoms with Gasteiger partial charge in [-0.15, -0.1) is 0 Å². The number of carbonyl (C=O) groups excluding carboxylic acids is 1. The van der Waals surface area contributed by atoms with Gasteiger partial charge in [-0.2, -0.15) is 4.57 Å². The van der Waals surface area contributed by atoms with Crippen molar-refractivity contribution in [2.45, 2.75) is 32.9 Å². The fourth-order valence-electron chi connectivity index (χ4n) is 3.44. The molecule has 31 heavy (non-hydrogen) atoms. The van der Waals surface area contributed by atoms with Crippen molar-refractivity contribution in [3.8, 4) is 0 Å². The number of aromatic amines is 1. The molecule has 0 saturated heterocycles. The maximum Gasteiger partial charge on any atom is 0.330 e. The minimum absolute atomic E-state index is 0.00150. The molecule has 1 aromatic carbocycles. The van der Waals surface area contributed by atoms with Crippen LogP contribution in [-0.4, -0.2) is 35.7 Å². The van der Waals surface area contributed by atoms with E-state index in [1.165, 1.54) is 16.6 Å². The summed E-state index contributed by atoms with van der Waals surface area (Å²) < 4.78 is 8.18. The van der Waals surface area contributed by atoms with E-state index in [1.807, 2.05) is 49.6 Å². The molecular formula is C22H28N5O4+. The van der Waals surface area contributed by atoms with Crippen molar-refractivity contribution >= 4 is 28.2 Å². The van der Waals surface area contributed by atoms with Crippen LogP contribution < -0.4 is 26.4 Å². The third kappa shape index (κ3) is 5.00. The first-order chi connectivity index (χ1) is 15.0. The Hall–Kier alpha value is -3.46. The van der Waals surface area contributed by atoms with Gasteiger partial charge in [0.15, 0.2) is 18.1 Å². The van der Waals surface area contributed by atoms with E-state index in [9.17, 15) is 14.4 Å². The average Bonchev–Trinajstić information content (AvgIpc) is 2.75. The molecule has 164 valence electrons. The Labute approximate surface area is 179 Å². The van der Waals surface area contributed by atoms with Crippen molar-refractivity contribution in [1.82, 2.24) is 9.55 Å².